The zero-order valence-corrected chi connectivity index (χ0v) is 14.1. The van der Waals surface area contributed by atoms with E-state index < -0.39 is 6.09 Å². The molecule has 132 valence electrons. The highest BCUT2D eigenvalue weighted by atomic mass is 16.5. The molecule has 3 heterocycles. The van der Waals surface area contributed by atoms with E-state index in [2.05, 4.69) is 10.1 Å². The average molecular weight is 343 g/mol. The predicted molar refractivity (Wildman–Crippen MR) is 90.6 cm³/mol. The van der Waals surface area contributed by atoms with Gasteiger partial charge in [-0.3, -0.25) is 4.90 Å². The smallest absolute Gasteiger partial charge is 0.407 e. The van der Waals surface area contributed by atoms with Gasteiger partial charge in [-0.25, -0.2) is 4.79 Å². The summed E-state index contributed by atoms with van der Waals surface area (Å²) >= 11 is 0. The van der Waals surface area contributed by atoms with Gasteiger partial charge >= 0.3 is 6.09 Å². The summed E-state index contributed by atoms with van der Waals surface area (Å²) in [6.45, 7) is 1.86. The van der Waals surface area contributed by atoms with Crippen molar-refractivity contribution in [3.8, 4) is 17.1 Å². The zero-order valence-electron chi connectivity index (χ0n) is 14.1. The van der Waals surface area contributed by atoms with Crippen LogP contribution in [0.5, 0.6) is 5.75 Å². The van der Waals surface area contributed by atoms with Crippen LogP contribution in [-0.2, 0) is 0 Å². The van der Waals surface area contributed by atoms with Gasteiger partial charge < -0.3 is 19.3 Å². The Labute approximate surface area is 145 Å². The minimum absolute atomic E-state index is 0.198. The van der Waals surface area contributed by atoms with Crippen LogP contribution >= 0.6 is 0 Å². The molecule has 1 aromatic carbocycles. The number of aromatic nitrogens is 1. The van der Waals surface area contributed by atoms with Crippen LogP contribution in [0.25, 0.3) is 11.3 Å². The Hall–Kier alpha value is -2.54. The number of methoxy groups -OCH3 is 1. The monoisotopic (exact) mass is 343 g/mol. The predicted octanol–water partition coefficient (Wildman–Crippen LogP) is 2.85. The molecular formula is C18H21N3O4. The molecule has 2 atom stereocenters. The molecule has 0 bridgehead atoms. The molecule has 0 unspecified atom stereocenters. The number of carboxylic acid groups (broad SMARTS) is 1. The lowest BCUT2D eigenvalue weighted by atomic mass is 10.1. The third-order valence-corrected chi connectivity index (χ3v) is 5.20. The summed E-state index contributed by atoms with van der Waals surface area (Å²) in [4.78, 5) is 15.1. The second-order valence-corrected chi connectivity index (χ2v) is 6.56. The molecule has 1 N–H and O–H groups in total. The fourth-order valence-corrected chi connectivity index (χ4v) is 3.90. The van der Waals surface area contributed by atoms with Crippen molar-refractivity contribution < 1.29 is 19.2 Å². The number of ether oxygens (including phenoxy) is 1. The molecule has 0 radical (unpaired) electrons. The van der Waals surface area contributed by atoms with Crippen LogP contribution in [0.4, 0.5) is 4.79 Å². The van der Waals surface area contributed by atoms with E-state index in [4.69, 9.17) is 9.26 Å². The maximum atomic E-state index is 11.2. The third kappa shape index (κ3) is 2.95. The number of hydrogen-bond acceptors (Lipinski definition) is 5. The van der Waals surface area contributed by atoms with Gasteiger partial charge in [-0.2, -0.15) is 0 Å². The van der Waals surface area contributed by atoms with Gasteiger partial charge in [-0.05, 0) is 25.0 Å². The zero-order chi connectivity index (χ0) is 17.4. The lowest BCUT2D eigenvalue weighted by Crippen LogP contribution is -2.52. The fraction of sp³-hybridized carbons (Fsp3) is 0.444. The molecule has 1 aromatic heterocycles. The Morgan fingerprint density at radius 3 is 3.00 bits per heavy atom. The van der Waals surface area contributed by atoms with Crippen molar-refractivity contribution in [2.45, 2.75) is 24.9 Å². The topological polar surface area (TPSA) is 79.0 Å². The van der Waals surface area contributed by atoms with Crippen molar-refractivity contribution in [2.24, 2.45) is 0 Å². The van der Waals surface area contributed by atoms with Gasteiger partial charge in [-0.15, -0.1) is 0 Å². The van der Waals surface area contributed by atoms with E-state index in [0.29, 0.717) is 13.1 Å². The molecule has 25 heavy (non-hydrogen) atoms. The van der Waals surface area contributed by atoms with E-state index in [-0.39, 0.29) is 12.1 Å². The molecule has 2 aliphatic rings. The molecular weight excluding hydrogens is 322 g/mol. The molecule has 0 aliphatic carbocycles. The summed E-state index contributed by atoms with van der Waals surface area (Å²) in [5.41, 5.74) is 1.85. The number of rotatable bonds is 3. The molecule has 2 aliphatic heterocycles. The normalized spacial score (nSPS) is 23.5. The van der Waals surface area contributed by atoms with Crippen LogP contribution in [-0.4, -0.2) is 58.9 Å². The number of piperazine rings is 1. The van der Waals surface area contributed by atoms with E-state index in [1.165, 1.54) is 4.90 Å². The van der Waals surface area contributed by atoms with E-state index in [1.54, 1.807) is 7.11 Å². The van der Waals surface area contributed by atoms with Gasteiger partial charge in [0, 0.05) is 37.3 Å². The van der Waals surface area contributed by atoms with Crippen LogP contribution in [0.3, 0.4) is 0 Å². The summed E-state index contributed by atoms with van der Waals surface area (Å²) in [6, 6.07) is 10.2. The van der Waals surface area contributed by atoms with Crippen molar-refractivity contribution in [3.05, 3.63) is 36.0 Å². The summed E-state index contributed by atoms with van der Waals surface area (Å²) in [5.74, 6) is 1.50. The van der Waals surface area contributed by atoms with Crippen molar-refractivity contribution in [3.63, 3.8) is 0 Å². The SMILES string of the molecule is COc1cccc(-c2cc([C@H]3CC[C@H]4CN(C(=O)O)CCN43)no2)c1. The maximum Gasteiger partial charge on any atom is 0.407 e. The Bertz CT molecular complexity index is 775. The highest BCUT2D eigenvalue weighted by Gasteiger charge is 2.40. The number of hydrogen-bond donors (Lipinski definition) is 1. The maximum absolute atomic E-state index is 11.2. The highest BCUT2D eigenvalue weighted by molar-refractivity contribution is 5.65. The molecule has 2 aromatic rings. The molecule has 1 amide bonds. The molecule has 2 fully saturated rings. The second kappa shape index (κ2) is 6.40. The Morgan fingerprint density at radius 2 is 2.20 bits per heavy atom. The van der Waals surface area contributed by atoms with E-state index in [1.807, 2.05) is 30.3 Å². The molecule has 7 heteroatoms. The molecule has 0 spiro atoms. The molecule has 0 saturated carbocycles. The van der Waals surface area contributed by atoms with E-state index >= 15 is 0 Å². The number of fused-ring (bicyclic) bond motifs is 1. The van der Waals surface area contributed by atoms with Crippen molar-refractivity contribution in [2.75, 3.05) is 26.7 Å². The minimum Gasteiger partial charge on any atom is -0.497 e. The standard InChI is InChI=1S/C18H21N3O4/c1-24-14-4-2-3-12(9-14)17-10-15(19-25-17)16-6-5-13-11-20(18(22)23)7-8-21(13)16/h2-4,9-10,13,16H,5-8,11H2,1H3,(H,22,23)/t13-,16+/m0/s1. The third-order valence-electron chi connectivity index (χ3n) is 5.20. The lowest BCUT2D eigenvalue weighted by Gasteiger charge is -2.38. The average Bonchev–Trinajstić information content (AvgIpc) is 3.27. The van der Waals surface area contributed by atoms with E-state index in [9.17, 15) is 9.90 Å². The van der Waals surface area contributed by atoms with Gasteiger partial charge in [0.15, 0.2) is 5.76 Å². The van der Waals surface area contributed by atoms with Gasteiger partial charge in [0.05, 0.1) is 13.2 Å². The summed E-state index contributed by atoms with van der Waals surface area (Å²) in [7, 11) is 1.64. The first kappa shape index (κ1) is 16.0. The largest absolute Gasteiger partial charge is 0.497 e. The number of amides is 1. The van der Waals surface area contributed by atoms with Crippen LogP contribution in [0, 0.1) is 0 Å². The van der Waals surface area contributed by atoms with Crippen LogP contribution in [0.15, 0.2) is 34.9 Å². The summed E-state index contributed by atoms with van der Waals surface area (Å²) in [5, 5.41) is 13.5. The number of nitrogens with zero attached hydrogens (tertiary/aromatic N) is 3. The number of carbonyl (C=O) groups is 1. The van der Waals surface area contributed by atoms with Gasteiger partial charge in [-0.1, -0.05) is 17.3 Å². The van der Waals surface area contributed by atoms with Crippen molar-refractivity contribution in [1.82, 2.24) is 15.0 Å². The first-order valence-electron chi connectivity index (χ1n) is 8.50. The van der Waals surface area contributed by atoms with Gasteiger partial charge in [0.25, 0.3) is 0 Å². The number of benzene rings is 1. The minimum atomic E-state index is -0.829. The van der Waals surface area contributed by atoms with E-state index in [0.717, 1.165) is 42.2 Å². The molecule has 4 rings (SSSR count). The first-order valence-corrected chi connectivity index (χ1v) is 8.50. The molecule has 2 saturated heterocycles. The Balaban J connectivity index is 1.52. The van der Waals surface area contributed by atoms with Crippen LogP contribution < -0.4 is 4.74 Å². The van der Waals surface area contributed by atoms with Crippen molar-refractivity contribution in [1.29, 1.82) is 0 Å². The second-order valence-electron chi connectivity index (χ2n) is 6.56. The Kier molecular flexibility index (Phi) is 4.09. The van der Waals surface area contributed by atoms with Gasteiger partial charge in [0.2, 0.25) is 0 Å². The van der Waals surface area contributed by atoms with Gasteiger partial charge in [0.1, 0.15) is 11.4 Å². The fourth-order valence-electron chi connectivity index (χ4n) is 3.90. The lowest BCUT2D eigenvalue weighted by molar-refractivity contribution is 0.0700. The van der Waals surface area contributed by atoms with Crippen molar-refractivity contribution >= 4 is 6.09 Å². The van der Waals surface area contributed by atoms with Crippen LogP contribution in [0.1, 0.15) is 24.6 Å². The van der Waals surface area contributed by atoms with Crippen LogP contribution in [0.2, 0.25) is 0 Å². The quantitative estimate of drug-likeness (QED) is 0.923. The highest BCUT2D eigenvalue weighted by Crippen LogP contribution is 2.38. The summed E-state index contributed by atoms with van der Waals surface area (Å²) < 4.78 is 10.8. The Morgan fingerprint density at radius 1 is 1.32 bits per heavy atom. The summed E-state index contributed by atoms with van der Waals surface area (Å²) in [6.07, 6.45) is 1.13. The molecule has 7 nitrogen and oxygen atoms in total. The first-order chi connectivity index (χ1) is 12.2.